The lowest BCUT2D eigenvalue weighted by atomic mass is 10.3. The molecule has 0 saturated carbocycles. The van der Waals surface area contributed by atoms with E-state index < -0.39 is 5.76 Å². The van der Waals surface area contributed by atoms with Gasteiger partial charge in [0.2, 0.25) is 0 Å². The van der Waals surface area contributed by atoms with E-state index in [9.17, 15) is 8.78 Å². The topological polar surface area (TPSA) is 64.1 Å². The Morgan fingerprint density at radius 2 is 1.95 bits per heavy atom. The molecule has 4 nitrogen and oxygen atoms in total. The molecule has 1 aromatic heterocycles. The van der Waals surface area contributed by atoms with E-state index in [0.717, 1.165) is 0 Å². The lowest BCUT2D eigenvalue weighted by Gasteiger charge is -2.08. The van der Waals surface area contributed by atoms with Crippen molar-refractivity contribution in [2.24, 2.45) is 0 Å². The SMILES string of the molecule is Nc1cccc2oc(Nc3ccccc3SC(F)F)nc12. The summed E-state index contributed by atoms with van der Waals surface area (Å²) in [6.07, 6.45) is 0. The number of nitrogens with zero attached hydrogens (tertiary/aromatic N) is 1. The number of anilines is 3. The van der Waals surface area contributed by atoms with Crippen molar-refractivity contribution in [3.63, 3.8) is 0 Å². The van der Waals surface area contributed by atoms with Crippen molar-refractivity contribution in [3.8, 4) is 0 Å². The number of nitrogens with one attached hydrogen (secondary N) is 1. The molecule has 0 spiro atoms. The second kappa shape index (κ2) is 5.61. The van der Waals surface area contributed by atoms with Crippen molar-refractivity contribution < 1.29 is 13.2 Å². The molecular formula is C14H11F2N3OS. The van der Waals surface area contributed by atoms with E-state index in [4.69, 9.17) is 10.2 Å². The van der Waals surface area contributed by atoms with Gasteiger partial charge >= 0.3 is 0 Å². The monoisotopic (exact) mass is 307 g/mol. The van der Waals surface area contributed by atoms with Gasteiger partial charge in [0.25, 0.3) is 11.8 Å². The standard InChI is InChI=1S/C14H11F2N3OS/c15-13(16)21-11-7-2-1-5-9(11)18-14-19-12-8(17)4-3-6-10(12)20-14/h1-7,13H,17H2,(H,18,19). The van der Waals surface area contributed by atoms with Gasteiger partial charge in [-0.1, -0.05) is 30.0 Å². The maximum atomic E-state index is 12.5. The number of hydrogen-bond donors (Lipinski definition) is 2. The number of hydrogen-bond acceptors (Lipinski definition) is 5. The summed E-state index contributed by atoms with van der Waals surface area (Å²) in [4.78, 5) is 4.65. The number of nitrogen functional groups attached to an aromatic ring is 1. The first-order valence-electron chi connectivity index (χ1n) is 6.09. The summed E-state index contributed by atoms with van der Waals surface area (Å²) >= 11 is 0.464. The average Bonchev–Trinajstić information content (AvgIpc) is 2.84. The maximum Gasteiger partial charge on any atom is 0.300 e. The summed E-state index contributed by atoms with van der Waals surface area (Å²) in [5, 5.41) is 2.91. The molecule has 0 aliphatic heterocycles. The largest absolute Gasteiger partial charge is 0.423 e. The Kier molecular flexibility index (Phi) is 3.66. The third-order valence-corrected chi connectivity index (χ3v) is 3.58. The van der Waals surface area contributed by atoms with E-state index in [-0.39, 0.29) is 6.01 Å². The van der Waals surface area contributed by atoms with Crippen molar-refractivity contribution in [2.75, 3.05) is 11.1 Å². The Morgan fingerprint density at radius 1 is 1.14 bits per heavy atom. The maximum absolute atomic E-state index is 12.5. The fourth-order valence-electron chi connectivity index (χ4n) is 1.91. The second-order valence-electron chi connectivity index (χ2n) is 4.21. The normalized spacial score (nSPS) is 11.2. The fraction of sp³-hybridized carbons (Fsp3) is 0.0714. The van der Waals surface area contributed by atoms with Crippen LogP contribution >= 0.6 is 11.8 Å². The highest BCUT2D eigenvalue weighted by atomic mass is 32.2. The van der Waals surface area contributed by atoms with Crippen molar-refractivity contribution in [3.05, 3.63) is 42.5 Å². The summed E-state index contributed by atoms with van der Waals surface area (Å²) in [6, 6.07) is 12.2. The minimum atomic E-state index is -2.49. The molecule has 0 aliphatic carbocycles. The smallest absolute Gasteiger partial charge is 0.300 e. The number of oxazole rings is 1. The number of nitrogens with two attached hydrogens (primary N) is 1. The van der Waals surface area contributed by atoms with Crippen LogP contribution < -0.4 is 11.1 Å². The van der Waals surface area contributed by atoms with Crippen LogP contribution in [-0.2, 0) is 0 Å². The predicted molar refractivity (Wildman–Crippen MR) is 80.0 cm³/mol. The molecule has 108 valence electrons. The van der Waals surface area contributed by atoms with Gasteiger partial charge in [-0.15, -0.1) is 0 Å². The van der Waals surface area contributed by atoms with Gasteiger partial charge in [0.05, 0.1) is 11.4 Å². The number of thioether (sulfide) groups is 1. The molecule has 3 aromatic rings. The molecule has 2 aromatic carbocycles. The van der Waals surface area contributed by atoms with Crippen molar-refractivity contribution in [1.82, 2.24) is 4.98 Å². The highest BCUT2D eigenvalue weighted by molar-refractivity contribution is 7.99. The van der Waals surface area contributed by atoms with Gasteiger partial charge in [-0.25, -0.2) is 0 Å². The summed E-state index contributed by atoms with van der Waals surface area (Å²) in [5.41, 5.74) is 7.89. The Morgan fingerprint density at radius 3 is 2.71 bits per heavy atom. The molecule has 0 aliphatic rings. The zero-order chi connectivity index (χ0) is 14.8. The van der Waals surface area contributed by atoms with Gasteiger partial charge in [-0.05, 0) is 24.3 Å². The Hall–Kier alpha value is -2.28. The summed E-state index contributed by atoms with van der Waals surface area (Å²) in [5.74, 6) is -2.49. The van der Waals surface area contributed by atoms with Crippen LogP contribution in [0.4, 0.5) is 26.2 Å². The Bertz CT molecular complexity index is 776. The van der Waals surface area contributed by atoms with Crippen LogP contribution in [0.2, 0.25) is 0 Å². The molecule has 0 radical (unpaired) electrons. The van der Waals surface area contributed by atoms with Crippen molar-refractivity contribution >= 4 is 40.3 Å². The number of benzene rings is 2. The van der Waals surface area contributed by atoms with E-state index in [1.165, 1.54) is 0 Å². The first kappa shape index (κ1) is 13.7. The van der Waals surface area contributed by atoms with Crippen LogP contribution in [0.25, 0.3) is 11.1 Å². The van der Waals surface area contributed by atoms with Crippen LogP contribution in [0.15, 0.2) is 51.8 Å². The summed E-state index contributed by atoms with van der Waals surface area (Å²) in [6.45, 7) is 0. The fourth-order valence-corrected chi connectivity index (χ4v) is 2.50. The molecule has 3 N–H and O–H groups in total. The van der Waals surface area contributed by atoms with Gasteiger partial charge in [0.15, 0.2) is 5.58 Å². The minimum Gasteiger partial charge on any atom is -0.423 e. The Labute approximate surface area is 123 Å². The second-order valence-corrected chi connectivity index (χ2v) is 5.24. The number of aromatic nitrogens is 1. The lowest BCUT2D eigenvalue weighted by Crippen LogP contribution is -1.94. The lowest BCUT2D eigenvalue weighted by molar-refractivity contribution is 0.252. The molecule has 0 saturated heterocycles. The molecule has 1 heterocycles. The molecule has 0 unspecified atom stereocenters. The van der Waals surface area contributed by atoms with E-state index in [1.54, 1.807) is 42.5 Å². The van der Waals surface area contributed by atoms with Gasteiger partial charge in [0.1, 0.15) is 5.52 Å². The van der Waals surface area contributed by atoms with Crippen molar-refractivity contribution in [1.29, 1.82) is 0 Å². The Balaban J connectivity index is 1.93. The van der Waals surface area contributed by atoms with Crippen molar-refractivity contribution in [2.45, 2.75) is 10.7 Å². The molecule has 0 atom stereocenters. The van der Waals surface area contributed by atoms with Crippen LogP contribution in [-0.4, -0.2) is 10.7 Å². The first-order chi connectivity index (χ1) is 10.1. The third-order valence-electron chi connectivity index (χ3n) is 2.79. The number of halogens is 2. The number of rotatable bonds is 4. The molecule has 0 bridgehead atoms. The van der Waals surface area contributed by atoms with E-state index in [2.05, 4.69) is 10.3 Å². The van der Waals surface area contributed by atoms with Gasteiger partial charge in [0, 0.05) is 4.90 Å². The first-order valence-corrected chi connectivity index (χ1v) is 6.97. The molecule has 21 heavy (non-hydrogen) atoms. The molecule has 7 heteroatoms. The average molecular weight is 307 g/mol. The molecule has 0 fully saturated rings. The zero-order valence-corrected chi connectivity index (χ0v) is 11.5. The van der Waals surface area contributed by atoms with Crippen LogP contribution in [0, 0.1) is 0 Å². The van der Waals surface area contributed by atoms with E-state index in [1.807, 2.05) is 0 Å². The molecular weight excluding hydrogens is 296 g/mol. The minimum absolute atomic E-state index is 0.213. The van der Waals surface area contributed by atoms with Gasteiger partial charge in [-0.2, -0.15) is 13.8 Å². The summed E-state index contributed by atoms with van der Waals surface area (Å²) in [7, 11) is 0. The third kappa shape index (κ3) is 2.92. The van der Waals surface area contributed by atoms with Crippen LogP contribution in [0.5, 0.6) is 0 Å². The van der Waals surface area contributed by atoms with E-state index in [0.29, 0.717) is 39.1 Å². The molecule has 0 amide bonds. The highest BCUT2D eigenvalue weighted by Gasteiger charge is 2.13. The van der Waals surface area contributed by atoms with Crippen LogP contribution in [0.3, 0.4) is 0 Å². The van der Waals surface area contributed by atoms with Crippen LogP contribution in [0.1, 0.15) is 0 Å². The highest BCUT2D eigenvalue weighted by Crippen LogP contribution is 2.34. The predicted octanol–water partition coefficient (Wildman–Crippen LogP) is 4.47. The zero-order valence-electron chi connectivity index (χ0n) is 10.7. The van der Waals surface area contributed by atoms with Gasteiger partial charge < -0.3 is 15.5 Å². The molecule has 3 rings (SSSR count). The summed E-state index contributed by atoms with van der Waals surface area (Å²) < 4.78 is 30.6. The van der Waals surface area contributed by atoms with Gasteiger partial charge in [-0.3, -0.25) is 0 Å². The number of fused-ring (bicyclic) bond motifs is 1. The quantitative estimate of drug-likeness (QED) is 0.550. The number of alkyl halides is 2. The number of para-hydroxylation sites is 2. The van der Waals surface area contributed by atoms with E-state index >= 15 is 0 Å².